The van der Waals surface area contributed by atoms with Crippen LogP contribution < -0.4 is 9.47 Å². The average Bonchev–Trinajstić information content (AvgIpc) is 2.69. The van der Waals surface area contributed by atoms with E-state index in [1.807, 2.05) is 24.3 Å². The van der Waals surface area contributed by atoms with Crippen LogP contribution in [0.4, 0.5) is 0 Å². The highest BCUT2D eigenvalue weighted by atomic mass is 79.9. The highest BCUT2D eigenvalue weighted by molar-refractivity contribution is 9.10. The van der Waals surface area contributed by atoms with Crippen molar-refractivity contribution in [2.45, 2.75) is 19.4 Å². The molecule has 0 N–H and O–H groups in total. The molecular formula is C22H29BrN2O2. The van der Waals surface area contributed by atoms with Gasteiger partial charge in [-0.05, 0) is 68.4 Å². The maximum absolute atomic E-state index is 5.94. The molecule has 0 aliphatic carbocycles. The van der Waals surface area contributed by atoms with Crippen molar-refractivity contribution in [1.82, 2.24) is 9.80 Å². The molecule has 1 aliphatic rings. The Bertz CT molecular complexity index is 713. The predicted octanol–water partition coefficient (Wildman–Crippen LogP) is 4.22. The zero-order valence-electron chi connectivity index (χ0n) is 16.3. The second-order valence-corrected chi connectivity index (χ2v) is 8.05. The lowest BCUT2D eigenvalue weighted by molar-refractivity contribution is 0.153. The molecule has 1 aliphatic heterocycles. The van der Waals surface area contributed by atoms with Gasteiger partial charge in [-0.15, -0.1) is 0 Å². The number of rotatable bonds is 8. The van der Waals surface area contributed by atoms with Gasteiger partial charge in [0.1, 0.15) is 18.1 Å². The number of ether oxygens (including phenoxy) is 2. The van der Waals surface area contributed by atoms with E-state index >= 15 is 0 Å². The second-order valence-electron chi connectivity index (χ2n) is 7.14. The maximum Gasteiger partial charge on any atom is 0.125 e. The van der Waals surface area contributed by atoms with Crippen LogP contribution in [0.15, 0.2) is 46.9 Å². The molecule has 2 aromatic rings. The van der Waals surface area contributed by atoms with E-state index in [0.29, 0.717) is 6.61 Å². The Kier molecular flexibility index (Phi) is 7.56. The third-order valence-electron chi connectivity index (χ3n) is 5.09. The molecule has 0 spiro atoms. The summed E-state index contributed by atoms with van der Waals surface area (Å²) in [7, 11) is 3.91. The van der Waals surface area contributed by atoms with Gasteiger partial charge in [0.2, 0.25) is 0 Å². The third kappa shape index (κ3) is 6.23. The highest BCUT2D eigenvalue weighted by Gasteiger charge is 2.13. The minimum Gasteiger partial charge on any atom is -0.496 e. The van der Waals surface area contributed by atoms with Gasteiger partial charge in [-0.1, -0.05) is 22.0 Å². The Hall–Kier alpha value is -1.56. The van der Waals surface area contributed by atoms with Crippen LogP contribution in [0.2, 0.25) is 0 Å². The minimum atomic E-state index is 0.511. The monoisotopic (exact) mass is 432 g/mol. The smallest absolute Gasteiger partial charge is 0.125 e. The van der Waals surface area contributed by atoms with Gasteiger partial charge in [-0.25, -0.2) is 0 Å². The molecule has 5 heteroatoms. The van der Waals surface area contributed by atoms with Gasteiger partial charge in [-0.2, -0.15) is 0 Å². The van der Waals surface area contributed by atoms with Crippen molar-refractivity contribution in [2.24, 2.45) is 0 Å². The Morgan fingerprint density at radius 2 is 1.74 bits per heavy atom. The summed E-state index contributed by atoms with van der Waals surface area (Å²) in [5, 5.41) is 0. The van der Waals surface area contributed by atoms with Crippen LogP contribution in [0.3, 0.4) is 0 Å². The molecule has 1 heterocycles. The highest BCUT2D eigenvalue weighted by Crippen LogP contribution is 2.24. The van der Waals surface area contributed by atoms with E-state index in [1.54, 1.807) is 7.11 Å². The number of nitrogens with zero attached hydrogens (tertiary/aromatic N) is 2. The first kappa shape index (κ1) is 20.2. The van der Waals surface area contributed by atoms with Crippen LogP contribution in [0.5, 0.6) is 11.5 Å². The summed E-state index contributed by atoms with van der Waals surface area (Å²) in [4.78, 5) is 4.97. The van der Waals surface area contributed by atoms with Gasteiger partial charge in [0.05, 0.1) is 7.11 Å². The van der Waals surface area contributed by atoms with Crippen LogP contribution in [0, 0.1) is 0 Å². The van der Waals surface area contributed by atoms with E-state index < -0.39 is 0 Å². The summed E-state index contributed by atoms with van der Waals surface area (Å²) in [6.07, 6.45) is 2.27. The number of piperazine rings is 1. The van der Waals surface area contributed by atoms with E-state index in [0.717, 1.165) is 28.0 Å². The molecule has 0 atom stereocenters. The lowest BCUT2D eigenvalue weighted by Crippen LogP contribution is -2.44. The summed E-state index contributed by atoms with van der Waals surface area (Å²) in [6, 6.07) is 14.4. The topological polar surface area (TPSA) is 24.9 Å². The minimum absolute atomic E-state index is 0.511. The molecule has 1 saturated heterocycles. The van der Waals surface area contributed by atoms with Gasteiger partial charge in [0.15, 0.2) is 0 Å². The Labute approximate surface area is 171 Å². The first-order valence-corrected chi connectivity index (χ1v) is 10.4. The quantitative estimate of drug-likeness (QED) is 0.623. The summed E-state index contributed by atoms with van der Waals surface area (Å²) >= 11 is 3.45. The lowest BCUT2D eigenvalue weighted by Gasteiger charge is -2.32. The molecule has 0 aromatic heterocycles. The molecule has 0 amide bonds. The molecule has 27 heavy (non-hydrogen) atoms. The standard InChI is InChI=1S/C22H29BrN2O2/c1-24-12-14-25(15-13-24)11-3-4-18-5-10-22(26-2)19(16-18)17-27-21-8-6-20(23)7-9-21/h5-10,16H,3-4,11-15,17H2,1-2H3. The fraction of sp³-hybridized carbons (Fsp3) is 0.455. The molecule has 0 radical (unpaired) electrons. The van der Waals surface area contributed by atoms with E-state index in [4.69, 9.17) is 9.47 Å². The fourth-order valence-corrected chi connectivity index (χ4v) is 3.63. The molecule has 1 fully saturated rings. The molecule has 0 unspecified atom stereocenters. The maximum atomic E-state index is 5.94. The van der Waals surface area contributed by atoms with Crippen LogP contribution in [0.25, 0.3) is 0 Å². The molecule has 4 nitrogen and oxygen atoms in total. The number of likely N-dealkylation sites (N-methyl/N-ethyl adjacent to an activating group) is 1. The van der Waals surface area contributed by atoms with Crippen LogP contribution in [-0.4, -0.2) is 56.7 Å². The zero-order chi connectivity index (χ0) is 19.1. The van der Waals surface area contributed by atoms with Crippen molar-refractivity contribution in [2.75, 3.05) is 46.9 Å². The van der Waals surface area contributed by atoms with Crippen molar-refractivity contribution < 1.29 is 9.47 Å². The molecule has 0 bridgehead atoms. The predicted molar refractivity (Wildman–Crippen MR) is 114 cm³/mol. The van der Waals surface area contributed by atoms with Gasteiger partial charge in [0, 0.05) is 36.2 Å². The molecule has 0 saturated carbocycles. The Morgan fingerprint density at radius 3 is 2.44 bits per heavy atom. The molecular weight excluding hydrogens is 404 g/mol. The summed E-state index contributed by atoms with van der Waals surface area (Å²) < 4.78 is 12.5. The second kappa shape index (κ2) is 10.1. The van der Waals surface area contributed by atoms with Crippen LogP contribution >= 0.6 is 15.9 Å². The summed E-state index contributed by atoms with van der Waals surface area (Å²) in [6.45, 7) is 6.42. The Balaban J connectivity index is 1.53. The summed E-state index contributed by atoms with van der Waals surface area (Å²) in [5.41, 5.74) is 2.44. The van der Waals surface area contributed by atoms with Crippen LogP contribution in [-0.2, 0) is 13.0 Å². The average molecular weight is 433 g/mol. The van der Waals surface area contributed by atoms with Gasteiger partial charge in [-0.3, -0.25) is 0 Å². The van der Waals surface area contributed by atoms with Crippen molar-refractivity contribution in [3.05, 3.63) is 58.1 Å². The Morgan fingerprint density at radius 1 is 1.00 bits per heavy atom. The van der Waals surface area contributed by atoms with E-state index in [1.165, 1.54) is 44.7 Å². The van der Waals surface area contributed by atoms with Crippen molar-refractivity contribution in [3.63, 3.8) is 0 Å². The number of benzene rings is 2. The van der Waals surface area contributed by atoms with Crippen LogP contribution in [0.1, 0.15) is 17.5 Å². The number of aryl methyl sites for hydroxylation is 1. The molecule has 2 aromatic carbocycles. The van der Waals surface area contributed by atoms with E-state index in [-0.39, 0.29) is 0 Å². The zero-order valence-corrected chi connectivity index (χ0v) is 17.9. The van der Waals surface area contributed by atoms with E-state index in [2.05, 4.69) is 51.0 Å². The molecule has 3 rings (SSSR count). The van der Waals surface area contributed by atoms with Crippen molar-refractivity contribution >= 4 is 15.9 Å². The lowest BCUT2D eigenvalue weighted by atomic mass is 10.1. The van der Waals surface area contributed by atoms with Gasteiger partial charge < -0.3 is 19.3 Å². The number of hydrogen-bond donors (Lipinski definition) is 0. The van der Waals surface area contributed by atoms with Crippen molar-refractivity contribution in [3.8, 4) is 11.5 Å². The van der Waals surface area contributed by atoms with Crippen molar-refractivity contribution in [1.29, 1.82) is 0 Å². The first-order valence-electron chi connectivity index (χ1n) is 9.59. The van der Waals surface area contributed by atoms with Gasteiger partial charge in [0.25, 0.3) is 0 Å². The number of methoxy groups -OCH3 is 1. The largest absolute Gasteiger partial charge is 0.496 e. The molecule has 146 valence electrons. The normalized spacial score (nSPS) is 15.7. The third-order valence-corrected chi connectivity index (χ3v) is 5.62. The van der Waals surface area contributed by atoms with Gasteiger partial charge >= 0.3 is 0 Å². The summed E-state index contributed by atoms with van der Waals surface area (Å²) in [5.74, 6) is 1.75. The number of halogens is 1. The number of hydrogen-bond acceptors (Lipinski definition) is 4. The SMILES string of the molecule is COc1ccc(CCCN2CCN(C)CC2)cc1COc1ccc(Br)cc1. The van der Waals surface area contributed by atoms with E-state index in [9.17, 15) is 0 Å². The first-order chi connectivity index (χ1) is 13.1. The fourth-order valence-electron chi connectivity index (χ4n) is 3.37.